The van der Waals surface area contributed by atoms with E-state index >= 15 is 0 Å². The van der Waals surface area contributed by atoms with Gasteiger partial charge in [-0.3, -0.25) is 0 Å². The number of hydrogen-bond acceptors (Lipinski definition) is 3. The van der Waals surface area contributed by atoms with Crippen molar-refractivity contribution in [2.45, 2.75) is 19.0 Å². The first-order valence-electron chi connectivity index (χ1n) is 4.85. The molecule has 7 nitrogen and oxygen atoms in total. The van der Waals surface area contributed by atoms with E-state index in [0.29, 0.717) is 5.69 Å². The summed E-state index contributed by atoms with van der Waals surface area (Å²) in [6.07, 6.45) is 1.75. The maximum Gasteiger partial charge on any atom is 0.326 e. The molecule has 0 saturated carbocycles. The summed E-state index contributed by atoms with van der Waals surface area (Å²) in [5.74, 6) is -1.02. The molecule has 1 atom stereocenters. The zero-order valence-electron chi connectivity index (χ0n) is 8.73. The number of hydrogen-bond donors (Lipinski definition) is 3. The third kappa shape index (κ3) is 1.60. The Labute approximate surface area is 91.5 Å². The Bertz CT molecular complexity index is 428. The van der Waals surface area contributed by atoms with Crippen LogP contribution in [-0.4, -0.2) is 45.1 Å². The molecule has 0 aromatic carbocycles. The van der Waals surface area contributed by atoms with Crippen LogP contribution in [0.4, 0.5) is 4.79 Å². The minimum absolute atomic E-state index is 0.238. The molecule has 3 N–H and O–H groups in total. The second-order valence-corrected chi connectivity index (χ2v) is 3.57. The largest absolute Gasteiger partial charge is 0.480 e. The minimum Gasteiger partial charge on any atom is -0.480 e. The van der Waals surface area contributed by atoms with Crippen LogP contribution in [0.5, 0.6) is 0 Å². The van der Waals surface area contributed by atoms with Gasteiger partial charge in [0.15, 0.2) is 0 Å². The summed E-state index contributed by atoms with van der Waals surface area (Å²) in [6.45, 7) is 0.242. The molecule has 1 aliphatic rings. The van der Waals surface area contributed by atoms with Gasteiger partial charge < -0.3 is 20.3 Å². The number of nitrogens with zero attached hydrogens (tertiary/aromatic N) is 2. The zero-order valence-corrected chi connectivity index (χ0v) is 8.73. The van der Waals surface area contributed by atoms with Crippen molar-refractivity contribution in [2.75, 3.05) is 7.05 Å². The summed E-state index contributed by atoms with van der Waals surface area (Å²) < 4.78 is 0. The van der Waals surface area contributed by atoms with Gasteiger partial charge in [-0.05, 0) is 0 Å². The molecule has 86 valence electrons. The summed E-state index contributed by atoms with van der Waals surface area (Å²) in [5, 5.41) is 11.5. The van der Waals surface area contributed by atoms with E-state index in [1.165, 1.54) is 18.3 Å². The summed E-state index contributed by atoms with van der Waals surface area (Å²) in [6, 6.07) is -1.25. The van der Waals surface area contributed by atoms with Crippen LogP contribution in [0.3, 0.4) is 0 Å². The average Bonchev–Trinajstić information content (AvgIpc) is 2.73. The van der Waals surface area contributed by atoms with Gasteiger partial charge in [0, 0.05) is 13.5 Å². The van der Waals surface area contributed by atoms with Gasteiger partial charge in [0.05, 0.1) is 24.3 Å². The molecule has 2 rings (SSSR count). The number of H-pyrrole nitrogens is 1. The molecule has 7 heteroatoms. The lowest BCUT2D eigenvalue weighted by Gasteiger charge is -2.31. The number of fused-ring (bicyclic) bond motifs is 1. The highest BCUT2D eigenvalue weighted by Gasteiger charge is 2.35. The van der Waals surface area contributed by atoms with E-state index < -0.39 is 18.0 Å². The SMILES string of the molecule is CNC(=O)N1Cc2[nH]cnc2CC1C(=O)O. The Morgan fingerprint density at radius 3 is 3.06 bits per heavy atom. The van der Waals surface area contributed by atoms with Gasteiger partial charge >= 0.3 is 12.0 Å². The van der Waals surface area contributed by atoms with Crippen LogP contribution in [0.15, 0.2) is 6.33 Å². The first kappa shape index (κ1) is 10.5. The molecule has 1 aromatic rings. The highest BCUT2D eigenvalue weighted by molar-refractivity contribution is 5.83. The molecule has 1 aliphatic heterocycles. The number of aliphatic carboxylic acids is 1. The van der Waals surface area contributed by atoms with Crippen LogP contribution in [0.1, 0.15) is 11.4 Å². The first-order chi connectivity index (χ1) is 7.63. The molecule has 0 fully saturated rings. The molecular formula is C9H12N4O3. The van der Waals surface area contributed by atoms with Gasteiger partial charge in [-0.15, -0.1) is 0 Å². The number of carboxylic acid groups (broad SMARTS) is 1. The Morgan fingerprint density at radius 1 is 1.69 bits per heavy atom. The molecule has 0 saturated heterocycles. The predicted octanol–water partition coefficient (Wildman–Crippen LogP) is -0.440. The Balaban J connectivity index is 2.30. The van der Waals surface area contributed by atoms with Crippen LogP contribution >= 0.6 is 0 Å². The number of aromatic nitrogens is 2. The lowest BCUT2D eigenvalue weighted by molar-refractivity contribution is -0.142. The second kappa shape index (κ2) is 3.84. The molecule has 0 bridgehead atoms. The lowest BCUT2D eigenvalue weighted by Crippen LogP contribution is -2.51. The molecule has 2 amide bonds. The number of urea groups is 1. The van der Waals surface area contributed by atoms with Gasteiger partial charge in [0.25, 0.3) is 0 Å². The van der Waals surface area contributed by atoms with Crippen LogP contribution in [0.2, 0.25) is 0 Å². The number of imidazole rings is 1. The Kier molecular flexibility index (Phi) is 2.51. The minimum atomic E-state index is -1.02. The molecule has 16 heavy (non-hydrogen) atoms. The van der Waals surface area contributed by atoms with E-state index in [1.807, 2.05) is 0 Å². The second-order valence-electron chi connectivity index (χ2n) is 3.57. The van der Waals surface area contributed by atoms with Crippen molar-refractivity contribution >= 4 is 12.0 Å². The normalized spacial score (nSPS) is 19.1. The van der Waals surface area contributed by atoms with E-state index in [9.17, 15) is 9.59 Å². The summed E-state index contributed by atoms with van der Waals surface area (Å²) in [5.41, 5.74) is 1.51. The van der Waals surface area contributed by atoms with Crippen LogP contribution in [0.25, 0.3) is 0 Å². The van der Waals surface area contributed by atoms with Crippen molar-refractivity contribution in [3.8, 4) is 0 Å². The average molecular weight is 224 g/mol. The predicted molar refractivity (Wildman–Crippen MR) is 53.7 cm³/mol. The van der Waals surface area contributed by atoms with Crippen LogP contribution < -0.4 is 5.32 Å². The number of aromatic amines is 1. The van der Waals surface area contributed by atoms with Gasteiger partial charge in [-0.2, -0.15) is 0 Å². The fraction of sp³-hybridized carbons (Fsp3) is 0.444. The van der Waals surface area contributed by atoms with Gasteiger partial charge in [0.1, 0.15) is 6.04 Å². The monoisotopic (exact) mass is 224 g/mol. The van der Waals surface area contributed by atoms with Crippen LogP contribution in [-0.2, 0) is 17.8 Å². The fourth-order valence-electron chi connectivity index (χ4n) is 1.81. The molecule has 0 aliphatic carbocycles. The van der Waals surface area contributed by atoms with E-state index in [-0.39, 0.29) is 13.0 Å². The quantitative estimate of drug-likeness (QED) is 0.602. The van der Waals surface area contributed by atoms with Crippen LogP contribution in [0, 0.1) is 0 Å². The molecule has 0 spiro atoms. The van der Waals surface area contributed by atoms with Gasteiger partial charge in [-0.1, -0.05) is 0 Å². The van der Waals surface area contributed by atoms with Crippen molar-refractivity contribution in [1.82, 2.24) is 20.2 Å². The van der Waals surface area contributed by atoms with E-state index in [4.69, 9.17) is 5.11 Å². The summed E-state index contributed by atoms with van der Waals surface area (Å²) >= 11 is 0. The highest BCUT2D eigenvalue weighted by atomic mass is 16.4. The highest BCUT2D eigenvalue weighted by Crippen LogP contribution is 2.20. The van der Waals surface area contributed by atoms with E-state index in [0.717, 1.165) is 5.69 Å². The molecule has 1 aromatic heterocycles. The molecule has 1 unspecified atom stereocenters. The standard InChI is InChI=1S/C9H12N4O3/c1-10-9(16)13-3-6-5(11-4-12-6)2-7(13)8(14)15/h4,7H,2-3H2,1H3,(H,10,16)(H,11,12)(H,14,15). The van der Waals surface area contributed by atoms with Gasteiger partial charge in [0.2, 0.25) is 0 Å². The Morgan fingerprint density at radius 2 is 2.44 bits per heavy atom. The molecular weight excluding hydrogens is 212 g/mol. The van der Waals surface area contributed by atoms with Gasteiger partial charge in [-0.25, -0.2) is 14.6 Å². The zero-order chi connectivity index (χ0) is 11.7. The van der Waals surface area contributed by atoms with Crippen molar-refractivity contribution in [1.29, 1.82) is 0 Å². The summed E-state index contributed by atoms with van der Waals surface area (Å²) in [7, 11) is 1.48. The van der Waals surface area contributed by atoms with Crippen molar-refractivity contribution in [2.24, 2.45) is 0 Å². The van der Waals surface area contributed by atoms with Crippen molar-refractivity contribution in [3.05, 3.63) is 17.7 Å². The molecule has 2 heterocycles. The van der Waals surface area contributed by atoms with E-state index in [1.54, 1.807) is 0 Å². The molecule has 0 radical (unpaired) electrons. The number of nitrogens with one attached hydrogen (secondary N) is 2. The first-order valence-corrected chi connectivity index (χ1v) is 4.85. The third-order valence-electron chi connectivity index (χ3n) is 2.66. The van der Waals surface area contributed by atoms with E-state index in [2.05, 4.69) is 15.3 Å². The maximum atomic E-state index is 11.5. The smallest absolute Gasteiger partial charge is 0.326 e. The van der Waals surface area contributed by atoms with Crippen molar-refractivity contribution in [3.63, 3.8) is 0 Å². The topological polar surface area (TPSA) is 98.3 Å². The number of amides is 2. The summed E-state index contributed by atoms with van der Waals surface area (Å²) in [4.78, 5) is 30.8. The number of carboxylic acids is 1. The number of rotatable bonds is 1. The maximum absolute atomic E-state index is 11.5. The lowest BCUT2D eigenvalue weighted by atomic mass is 10.0. The number of carbonyl (C=O) groups is 2. The number of carbonyl (C=O) groups excluding carboxylic acids is 1. The van der Waals surface area contributed by atoms with Crippen molar-refractivity contribution < 1.29 is 14.7 Å². The fourth-order valence-corrected chi connectivity index (χ4v) is 1.81. The third-order valence-corrected chi connectivity index (χ3v) is 2.66. The Hall–Kier alpha value is -2.05.